The lowest BCUT2D eigenvalue weighted by Gasteiger charge is -1.98. The zero-order valence-electron chi connectivity index (χ0n) is 7.42. The summed E-state index contributed by atoms with van der Waals surface area (Å²) in [5, 5.41) is 0. The van der Waals surface area contributed by atoms with Crippen molar-refractivity contribution in [2.24, 2.45) is 0 Å². The van der Waals surface area contributed by atoms with Gasteiger partial charge in [0.25, 0.3) is 9.05 Å². The predicted octanol–water partition coefficient (Wildman–Crippen LogP) is 2.27. The monoisotopic (exact) mass is 243 g/mol. The van der Waals surface area contributed by atoms with Crippen molar-refractivity contribution >= 4 is 19.7 Å². The second-order valence-corrected chi connectivity index (χ2v) is 5.40. The number of hydrogen-bond donors (Lipinski definition) is 0. The second-order valence-electron chi connectivity index (χ2n) is 2.83. The molecule has 0 saturated carbocycles. The molecule has 0 aliphatic heterocycles. The van der Waals surface area contributed by atoms with E-state index in [0.29, 0.717) is 11.3 Å². The van der Waals surface area contributed by atoms with Gasteiger partial charge in [-0.2, -0.15) is 0 Å². The summed E-state index contributed by atoms with van der Waals surface area (Å²) >= 11 is 0. The van der Waals surface area contributed by atoms with Crippen molar-refractivity contribution in [1.82, 2.24) is 4.98 Å². The van der Waals surface area contributed by atoms with Crippen molar-refractivity contribution in [3.05, 3.63) is 36.9 Å². The molecule has 15 heavy (non-hydrogen) atoms. The van der Waals surface area contributed by atoms with Gasteiger partial charge in [-0.15, -0.1) is 0 Å². The van der Waals surface area contributed by atoms with Gasteiger partial charge in [0.2, 0.25) is 0 Å². The molecule has 0 bridgehead atoms. The summed E-state index contributed by atoms with van der Waals surface area (Å²) in [6, 6.07) is 6.16. The van der Waals surface area contributed by atoms with Gasteiger partial charge in [-0.25, -0.2) is 13.4 Å². The van der Waals surface area contributed by atoms with Crippen LogP contribution in [0.15, 0.2) is 46.2 Å². The van der Waals surface area contributed by atoms with Crippen LogP contribution in [0.3, 0.4) is 0 Å². The molecule has 4 nitrogen and oxygen atoms in total. The molecule has 1 heterocycles. The molecule has 0 aliphatic rings. The summed E-state index contributed by atoms with van der Waals surface area (Å²) in [5.74, 6) is 0.497. The molecule has 2 rings (SSSR count). The third-order valence-corrected chi connectivity index (χ3v) is 3.18. The van der Waals surface area contributed by atoms with E-state index in [1.165, 1.54) is 24.7 Å². The van der Waals surface area contributed by atoms with E-state index < -0.39 is 9.05 Å². The molecular formula is C9H6ClNO3S. The maximum Gasteiger partial charge on any atom is 0.261 e. The van der Waals surface area contributed by atoms with E-state index >= 15 is 0 Å². The number of nitrogens with zero attached hydrogens (tertiary/aromatic N) is 1. The van der Waals surface area contributed by atoms with Crippen LogP contribution in [0, 0.1) is 0 Å². The van der Waals surface area contributed by atoms with E-state index in [1.54, 1.807) is 12.1 Å². The van der Waals surface area contributed by atoms with Crippen molar-refractivity contribution in [3.63, 3.8) is 0 Å². The molecule has 0 atom stereocenters. The van der Waals surface area contributed by atoms with E-state index in [4.69, 9.17) is 15.1 Å². The van der Waals surface area contributed by atoms with Crippen LogP contribution in [-0.4, -0.2) is 13.4 Å². The third kappa shape index (κ3) is 2.19. The minimum absolute atomic E-state index is 0.0399. The average molecular weight is 244 g/mol. The van der Waals surface area contributed by atoms with Crippen LogP contribution in [0.25, 0.3) is 11.3 Å². The summed E-state index contributed by atoms with van der Waals surface area (Å²) in [5.41, 5.74) is 0.620. The fourth-order valence-corrected chi connectivity index (χ4v) is 1.96. The Hall–Kier alpha value is -1.33. The van der Waals surface area contributed by atoms with E-state index in [-0.39, 0.29) is 4.90 Å². The molecule has 0 N–H and O–H groups in total. The second kappa shape index (κ2) is 3.67. The maximum atomic E-state index is 11.1. The summed E-state index contributed by atoms with van der Waals surface area (Å²) < 4.78 is 27.2. The van der Waals surface area contributed by atoms with Crippen LogP contribution < -0.4 is 0 Å². The lowest BCUT2D eigenvalue weighted by Crippen LogP contribution is -1.90. The summed E-state index contributed by atoms with van der Waals surface area (Å²) in [4.78, 5) is 3.78. The first kappa shape index (κ1) is 10.2. The normalized spacial score (nSPS) is 11.5. The Bertz CT molecular complexity index is 563. The molecule has 0 saturated heterocycles. The third-order valence-electron chi connectivity index (χ3n) is 1.83. The minimum Gasteiger partial charge on any atom is -0.444 e. The number of oxazole rings is 1. The molecule has 1 aromatic carbocycles. The van der Waals surface area contributed by atoms with Gasteiger partial charge in [-0.3, -0.25) is 0 Å². The zero-order valence-corrected chi connectivity index (χ0v) is 8.99. The Balaban J connectivity index is 2.53. The highest BCUT2D eigenvalue weighted by Gasteiger charge is 2.11. The molecule has 0 aliphatic carbocycles. The summed E-state index contributed by atoms with van der Waals surface area (Å²) in [7, 11) is 1.51. The topological polar surface area (TPSA) is 60.2 Å². The molecule has 78 valence electrons. The smallest absolute Gasteiger partial charge is 0.261 e. The molecule has 0 unspecified atom stereocenters. The number of aromatic nitrogens is 1. The van der Waals surface area contributed by atoms with Crippen molar-refractivity contribution < 1.29 is 12.8 Å². The van der Waals surface area contributed by atoms with Crippen molar-refractivity contribution in [3.8, 4) is 11.3 Å². The molecule has 0 radical (unpaired) electrons. The SMILES string of the molecule is O=S(=O)(Cl)c1cccc(-c2cnco2)c1. The lowest BCUT2D eigenvalue weighted by molar-refractivity contribution is 0.572. The van der Waals surface area contributed by atoms with E-state index in [9.17, 15) is 8.42 Å². The molecule has 0 fully saturated rings. The number of hydrogen-bond acceptors (Lipinski definition) is 4. The van der Waals surface area contributed by atoms with Gasteiger partial charge in [0.1, 0.15) is 0 Å². The Morgan fingerprint density at radius 2 is 2.13 bits per heavy atom. The van der Waals surface area contributed by atoms with Crippen LogP contribution in [-0.2, 0) is 9.05 Å². The highest BCUT2D eigenvalue weighted by molar-refractivity contribution is 8.13. The molecule has 2 aromatic rings. The maximum absolute atomic E-state index is 11.1. The Labute approximate surface area is 90.9 Å². The zero-order chi connectivity index (χ0) is 10.9. The molecule has 6 heteroatoms. The van der Waals surface area contributed by atoms with Crippen molar-refractivity contribution in [2.45, 2.75) is 4.90 Å². The fourth-order valence-electron chi connectivity index (χ4n) is 1.16. The van der Waals surface area contributed by atoms with Gasteiger partial charge in [0.05, 0.1) is 11.1 Å². The summed E-state index contributed by atoms with van der Waals surface area (Å²) in [6.07, 6.45) is 2.77. The molecule has 1 aromatic heterocycles. The van der Waals surface area contributed by atoms with E-state index in [0.717, 1.165) is 0 Å². The van der Waals surface area contributed by atoms with Crippen LogP contribution in [0.2, 0.25) is 0 Å². The minimum atomic E-state index is -3.71. The van der Waals surface area contributed by atoms with Crippen LogP contribution >= 0.6 is 10.7 Å². The van der Waals surface area contributed by atoms with Gasteiger partial charge in [-0.05, 0) is 12.1 Å². The number of benzene rings is 1. The largest absolute Gasteiger partial charge is 0.444 e. The highest BCUT2D eigenvalue weighted by Crippen LogP contribution is 2.23. The predicted molar refractivity (Wildman–Crippen MR) is 55.0 cm³/mol. The average Bonchev–Trinajstić information content (AvgIpc) is 2.69. The Morgan fingerprint density at radius 3 is 2.73 bits per heavy atom. The highest BCUT2D eigenvalue weighted by atomic mass is 35.7. The van der Waals surface area contributed by atoms with Gasteiger partial charge >= 0.3 is 0 Å². The fraction of sp³-hybridized carbons (Fsp3) is 0. The first-order valence-electron chi connectivity index (χ1n) is 4.01. The quantitative estimate of drug-likeness (QED) is 0.759. The van der Waals surface area contributed by atoms with Gasteiger partial charge in [-0.1, -0.05) is 12.1 Å². The van der Waals surface area contributed by atoms with Gasteiger partial charge < -0.3 is 4.42 Å². The van der Waals surface area contributed by atoms with Crippen LogP contribution in [0.1, 0.15) is 0 Å². The van der Waals surface area contributed by atoms with Crippen LogP contribution in [0.4, 0.5) is 0 Å². The lowest BCUT2D eigenvalue weighted by atomic mass is 10.2. The van der Waals surface area contributed by atoms with E-state index in [2.05, 4.69) is 4.98 Å². The van der Waals surface area contributed by atoms with Crippen molar-refractivity contribution in [1.29, 1.82) is 0 Å². The Morgan fingerprint density at radius 1 is 1.33 bits per heavy atom. The Kier molecular flexibility index (Phi) is 2.50. The number of rotatable bonds is 2. The molecule has 0 amide bonds. The number of halogens is 1. The molecular weight excluding hydrogens is 238 g/mol. The summed E-state index contributed by atoms with van der Waals surface area (Å²) in [6.45, 7) is 0. The first-order valence-corrected chi connectivity index (χ1v) is 6.32. The van der Waals surface area contributed by atoms with Crippen molar-refractivity contribution in [2.75, 3.05) is 0 Å². The van der Waals surface area contributed by atoms with Gasteiger partial charge in [0, 0.05) is 16.2 Å². The standard InChI is InChI=1S/C9H6ClNO3S/c10-15(12,13)8-3-1-2-7(4-8)9-5-11-6-14-9/h1-6H. The first-order chi connectivity index (χ1) is 7.07. The van der Waals surface area contributed by atoms with Crippen LogP contribution in [0.5, 0.6) is 0 Å². The van der Waals surface area contributed by atoms with E-state index in [1.807, 2.05) is 0 Å². The molecule has 0 spiro atoms. The van der Waals surface area contributed by atoms with Gasteiger partial charge in [0.15, 0.2) is 12.2 Å².